The molecule has 2 aliphatic rings. The van der Waals surface area contributed by atoms with Crippen molar-refractivity contribution in [3.63, 3.8) is 0 Å². The lowest BCUT2D eigenvalue weighted by Crippen LogP contribution is -2.40. The summed E-state index contributed by atoms with van der Waals surface area (Å²) in [7, 11) is 0. The van der Waals surface area contributed by atoms with E-state index >= 15 is 0 Å². The Labute approximate surface area is 144 Å². The van der Waals surface area contributed by atoms with Crippen molar-refractivity contribution < 1.29 is 9.53 Å². The van der Waals surface area contributed by atoms with Crippen LogP contribution in [-0.2, 0) is 22.5 Å². The largest absolute Gasteiger partial charge is 0.381 e. The van der Waals surface area contributed by atoms with E-state index in [1.54, 1.807) is 0 Å². The molecule has 1 atom stereocenters. The highest BCUT2D eigenvalue weighted by atomic mass is 16.5. The molecular weight excluding hydrogens is 304 g/mol. The van der Waals surface area contributed by atoms with Crippen LogP contribution in [0.2, 0.25) is 0 Å². The molecule has 1 amide bonds. The van der Waals surface area contributed by atoms with Crippen molar-refractivity contribution in [3.8, 4) is 0 Å². The first kappa shape index (κ1) is 17.4. The minimum atomic E-state index is 0.0483. The number of nitrogens with zero attached hydrogens (tertiary/aromatic N) is 3. The van der Waals surface area contributed by atoms with Gasteiger partial charge < -0.3 is 14.6 Å². The number of carbonyl (C=O) groups excluding carboxylic acids is 1. The molecular formula is C18H30N4O2. The molecule has 1 aromatic heterocycles. The molecule has 0 aromatic carbocycles. The number of fused-ring (bicyclic) bond motifs is 1. The highest BCUT2D eigenvalue weighted by molar-refractivity contribution is 5.78. The maximum Gasteiger partial charge on any atom is 0.226 e. The third-order valence-corrected chi connectivity index (χ3v) is 5.03. The summed E-state index contributed by atoms with van der Waals surface area (Å²) in [5, 5.41) is 2.94. The van der Waals surface area contributed by atoms with Gasteiger partial charge in [0.05, 0.1) is 18.2 Å². The van der Waals surface area contributed by atoms with E-state index in [0.717, 1.165) is 63.1 Å². The van der Waals surface area contributed by atoms with E-state index in [4.69, 9.17) is 9.72 Å². The van der Waals surface area contributed by atoms with Crippen molar-refractivity contribution in [2.45, 2.75) is 58.7 Å². The van der Waals surface area contributed by atoms with Crippen LogP contribution in [0.4, 0.5) is 0 Å². The smallest absolute Gasteiger partial charge is 0.226 e. The molecule has 2 aliphatic heterocycles. The highest BCUT2D eigenvalue weighted by Crippen LogP contribution is 2.27. The second-order valence-corrected chi connectivity index (χ2v) is 7.41. The second kappa shape index (κ2) is 7.66. The first-order valence-corrected chi connectivity index (χ1v) is 9.20. The van der Waals surface area contributed by atoms with Crippen molar-refractivity contribution in [1.29, 1.82) is 0 Å². The molecule has 6 heteroatoms. The van der Waals surface area contributed by atoms with Gasteiger partial charge in [0.2, 0.25) is 5.91 Å². The molecule has 1 saturated heterocycles. The van der Waals surface area contributed by atoms with Crippen LogP contribution in [0.5, 0.6) is 0 Å². The molecule has 3 rings (SSSR count). The zero-order chi connectivity index (χ0) is 17.1. The van der Waals surface area contributed by atoms with Crippen molar-refractivity contribution in [1.82, 2.24) is 19.8 Å². The van der Waals surface area contributed by atoms with Crippen LogP contribution >= 0.6 is 0 Å². The average Bonchev–Trinajstić information content (AvgIpc) is 2.93. The van der Waals surface area contributed by atoms with Gasteiger partial charge in [-0.1, -0.05) is 0 Å². The first-order chi connectivity index (χ1) is 11.5. The van der Waals surface area contributed by atoms with Crippen molar-refractivity contribution in [3.05, 3.63) is 17.7 Å². The Hall–Kier alpha value is -1.40. The van der Waals surface area contributed by atoms with Crippen LogP contribution < -0.4 is 5.32 Å². The summed E-state index contributed by atoms with van der Waals surface area (Å²) >= 11 is 0. The molecule has 134 valence electrons. The molecule has 1 fully saturated rings. The number of nitrogens with one attached hydrogen (secondary N) is 1. The number of rotatable bonds is 5. The summed E-state index contributed by atoms with van der Waals surface area (Å²) in [5.74, 6) is 1.88. The van der Waals surface area contributed by atoms with Crippen LogP contribution in [0, 0.1) is 5.92 Å². The van der Waals surface area contributed by atoms with Crippen LogP contribution in [0.1, 0.15) is 51.2 Å². The lowest BCUT2D eigenvalue weighted by Gasteiger charge is -2.37. The van der Waals surface area contributed by atoms with Gasteiger partial charge in [-0.3, -0.25) is 9.69 Å². The Morgan fingerprint density at radius 3 is 2.83 bits per heavy atom. The predicted molar refractivity (Wildman–Crippen MR) is 92.7 cm³/mol. The maximum atomic E-state index is 12.0. The molecule has 0 aliphatic carbocycles. The molecule has 3 heterocycles. The number of hydrogen-bond donors (Lipinski definition) is 1. The summed E-state index contributed by atoms with van der Waals surface area (Å²) in [5.41, 5.74) is 0.878. The normalized spacial score (nSPS) is 22.6. The van der Waals surface area contributed by atoms with E-state index < -0.39 is 0 Å². The van der Waals surface area contributed by atoms with Crippen LogP contribution in [-0.4, -0.2) is 52.7 Å². The average molecular weight is 334 g/mol. The van der Waals surface area contributed by atoms with Gasteiger partial charge >= 0.3 is 0 Å². The number of amides is 1. The Balaban J connectivity index is 1.62. The zero-order valence-corrected chi connectivity index (χ0v) is 15.1. The molecule has 24 heavy (non-hydrogen) atoms. The van der Waals surface area contributed by atoms with Crippen molar-refractivity contribution in [2.75, 3.05) is 26.3 Å². The Morgan fingerprint density at radius 1 is 1.38 bits per heavy atom. The molecule has 6 nitrogen and oxygen atoms in total. The number of hydrogen-bond acceptors (Lipinski definition) is 4. The fourth-order valence-electron chi connectivity index (χ4n) is 3.72. The molecule has 0 bridgehead atoms. The molecule has 0 spiro atoms. The van der Waals surface area contributed by atoms with E-state index in [9.17, 15) is 4.79 Å². The van der Waals surface area contributed by atoms with Gasteiger partial charge in [0.25, 0.3) is 0 Å². The predicted octanol–water partition coefficient (Wildman–Crippen LogP) is 1.75. The van der Waals surface area contributed by atoms with Gasteiger partial charge in [-0.15, -0.1) is 0 Å². The number of aromatic nitrogens is 2. The van der Waals surface area contributed by atoms with Gasteiger partial charge in [0.1, 0.15) is 5.82 Å². The molecule has 0 radical (unpaired) electrons. The molecule has 1 aromatic rings. The minimum absolute atomic E-state index is 0.0483. The molecule has 1 N–H and O–H groups in total. The summed E-state index contributed by atoms with van der Waals surface area (Å²) < 4.78 is 7.69. The summed E-state index contributed by atoms with van der Waals surface area (Å²) in [6, 6.07) is 0.479. The summed E-state index contributed by atoms with van der Waals surface area (Å²) in [4.78, 5) is 19.3. The van der Waals surface area contributed by atoms with Crippen LogP contribution in [0.3, 0.4) is 0 Å². The third kappa shape index (κ3) is 4.16. The molecule has 0 saturated carbocycles. The fraction of sp³-hybridized carbons (Fsp3) is 0.778. The summed E-state index contributed by atoms with van der Waals surface area (Å²) in [6.07, 6.45) is 4.75. The van der Waals surface area contributed by atoms with Gasteiger partial charge in [-0.2, -0.15) is 0 Å². The van der Waals surface area contributed by atoms with Crippen LogP contribution in [0.25, 0.3) is 0 Å². The standard InChI is InChI=1S/C18H30N4O2/c1-13(2)19-17(23)10-16-12-22-7-6-21(14(3)18(22)20-16)11-15-4-8-24-9-5-15/h12-15H,4-11H2,1-3H3,(H,19,23)/t14-/m1/s1. The number of ether oxygens (including phenoxy) is 1. The summed E-state index contributed by atoms with van der Waals surface area (Å²) in [6.45, 7) is 11.1. The van der Waals surface area contributed by atoms with Crippen LogP contribution in [0.15, 0.2) is 6.20 Å². The van der Waals surface area contributed by atoms with Crippen molar-refractivity contribution >= 4 is 5.91 Å². The Bertz CT molecular complexity index is 563. The quantitative estimate of drug-likeness (QED) is 0.891. The van der Waals surface area contributed by atoms with E-state index in [-0.39, 0.29) is 11.9 Å². The minimum Gasteiger partial charge on any atom is -0.381 e. The van der Waals surface area contributed by atoms with Gasteiger partial charge in [-0.05, 0) is 39.5 Å². The topological polar surface area (TPSA) is 59.4 Å². The van der Waals surface area contributed by atoms with E-state index in [1.165, 1.54) is 0 Å². The van der Waals surface area contributed by atoms with E-state index in [1.807, 2.05) is 13.8 Å². The van der Waals surface area contributed by atoms with Crippen molar-refractivity contribution in [2.24, 2.45) is 5.92 Å². The third-order valence-electron chi connectivity index (χ3n) is 5.03. The zero-order valence-electron chi connectivity index (χ0n) is 15.1. The first-order valence-electron chi connectivity index (χ1n) is 9.20. The van der Waals surface area contributed by atoms with Gasteiger partial charge in [0, 0.05) is 45.1 Å². The lowest BCUT2D eigenvalue weighted by atomic mass is 9.98. The Kier molecular flexibility index (Phi) is 5.56. The monoisotopic (exact) mass is 334 g/mol. The second-order valence-electron chi connectivity index (χ2n) is 7.41. The lowest BCUT2D eigenvalue weighted by molar-refractivity contribution is -0.120. The van der Waals surface area contributed by atoms with Gasteiger partial charge in [0.15, 0.2) is 0 Å². The van der Waals surface area contributed by atoms with Gasteiger partial charge in [-0.25, -0.2) is 4.98 Å². The number of imidazole rings is 1. The fourth-order valence-corrected chi connectivity index (χ4v) is 3.72. The SMILES string of the molecule is CC(C)NC(=O)Cc1cn2c(n1)[C@@H](C)N(CC1CCOCC1)CC2. The maximum absolute atomic E-state index is 12.0. The van der Waals surface area contributed by atoms with E-state index in [2.05, 4.69) is 27.9 Å². The van der Waals surface area contributed by atoms with E-state index in [0.29, 0.717) is 12.5 Å². The number of carbonyl (C=O) groups is 1. The molecule has 0 unspecified atom stereocenters. The highest BCUT2D eigenvalue weighted by Gasteiger charge is 2.28. The Morgan fingerprint density at radius 2 is 2.12 bits per heavy atom.